The zero-order valence-electron chi connectivity index (χ0n) is 10.7. The van der Waals surface area contributed by atoms with E-state index in [-0.39, 0.29) is 18.4 Å². The van der Waals surface area contributed by atoms with Gasteiger partial charge in [-0.1, -0.05) is 20.8 Å². The minimum absolute atomic E-state index is 0.0541. The molecule has 4 nitrogen and oxygen atoms in total. The Morgan fingerprint density at radius 1 is 1.47 bits per heavy atom. The normalized spacial score (nSPS) is 21.4. The second-order valence-electron chi connectivity index (χ2n) is 5.06. The molecule has 1 aliphatic rings. The van der Waals surface area contributed by atoms with Gasteiger partial charge in [-0.3, -0.25) is 9.59 Å². The Kier molecular flexibility index (Phi) is 4.86. The number of aliphatic carboxylic acids is 1. The molecule has 0 aromatic heterocycles. The molecule has 98 valence electrons. The fourth-order valence-corrected chi connectivity index (χ4v) is 2.90. The third kappa shape index (κ3) is 3.63. The summed E-state index contributed by atoms with van der Waals surface area (Å²) in [6.07, 6.45) is 0.827. The Hall–Kier alpha value is -0.710. The summed E-state index contributed by atoms with van der Waals surface area (Å²) in [7, 11) is 0. The first kappa shape index (κ1) is 14.4. The summed E-state index contributed by atoms with van der Waals surface area (Å²) in [6.45, 7) is 6.51. The molecule has 1 heterocycles. The van der Waals surface area contributed by atoms with Crippen LogP contribution in [0.5, 0.6) is 0 Å². The molecule has 0 radical (unpaired) electrons. The van der Waals surface area contributed by atoms with Crippen LogP contribution >= 0.6 is 11.8 Å². The highest BCUT2D eigenvalue weighted by atomic mass is 32.2. The summed E-state index contributed by atoms with van der Waals surface area (Å²) in [5, 5.41) is 8.88. The van der Waals surface area contributed by atoms with Gasteiger partial charge in [-0.05, 0) is 6.42 Å². The molecule has 0 bridgehead atoms. The maximum absolute atomic E-state index is 12.4. The van der Waals surface area contributed by atoms with Crippen LogP contribution in [-0.4, -0.2) is 46.0 Å². The third-order valence-corrected chi connectivity index (χ3v) is 4.45. The van der Waals surface area contributed by atoms with Gasteiger partial charge in [0.15, 0.2) is 0 Å². The van der Waals surface area contributed by atoms with Crippen molar-refractivity contribution >= 4 is 23.6 Å². The smallest absolute Gasteiger partial charge is 0.305 e. The molecule has 1 amide bonds. The second-order valence-corrected chi connectivity index (χ2v) is 6.21. The Bertz CT molecular complexity index is 304. The number of carbonyl (C=O) groups excluding carboxylic acids is 1. The van der Waals surface area contributed by atoms with E-state index in [1.165, 1.54) is 0 Å². The molecule has 1 N–H and O–H groups in total. The summed E-state index contributed by atoms with van der Waals surface area (Å²) in [6, 6.07) is -0.149. The lowest BCUT2D eigenvalue weighted by atomic mass is 9.88. The molecule has 0 spiro atoms. The van der Waals surface area contributed by atoms with Gasteiger partial charge in [0.1, 0.15) is 0 Å². The van der Waals surface area contributed by atoms with Crippen LogP contribution in [0.25, 0.3) is 0 Å². The first-order valence-corrected chi connectivity index (χ1v) is 7.14. The van der Waals surface area contributed by atoms with Crippen molar-refractivity contribution in [1.82, 2.24) is 4.90 Å². The average molecular weight is 259 g/mol. The predicted molar refractivity (Wildman–Crippen MR) is 69.2 cm³/mol. The van der Waals surface area contributed by atoms with Gasteiger partial charge in [0.05, 0.1) is 12.5 Å². The van der Waals surface area contributed by atoms with Crippen LogP contribution in [0.3, 0.4) is 0 Å². The molecule has 0 aromatic carbocycles. The fourth-order valence-electron chi connectivity index (χ4n) is 1.83. The van der Waals surface area contributed by atoms with Crippen molar-refractivity contribution in [3.63, 3.8) is 0 Å². The zero-order valence-corrected chi connectivity index (χ0v) is 11.5. The van der Waals surface area contributed by atoms with E-state index in [1.807, 2.05) is 20.8 Å². The van der Waals surface area contributed by atoms with E-state index >= 15 is 0 Å². The van der Waals surface area contributed by atoms with Crippen LogP contribution in [0.15, 0.2) is 0 Å². The maximum atomic E-state index is 12.4. The number of carbonyl (C=O) groups is 2. The van der Waals surface area contributed by atoms with Gasteiger partial charge in [0.25, 0.3) is 0 Å². The molecule has 17 heavy (non-hydrogen) atoms. The summed E-state index contributed by atoms with van der Waals surface area (Å²) >= 11 is 1.73. The molecule has 1 atom stereocenters. The standard InChI is InChI=1S/C12H21NO3S/c1-4-12(2,3)11(16)13-5-6-17-8-9(13)7-10(14)15/h9H,4-8H2,1-3H3,(H,14,15). The van der Waals surface area contributed by atoms with E-state index in [0.717, 1.165) is 17.9 Å². The highest BCUT2D eigenvalue weighted by Gasteiger charge is 2.36. The van der Waals surface area contributed by atoms with Crippen LogP contribution in [0.1, 0.15) is 33.6 Å². The lowest BCUT2D eigenvalue weighted by molar-refractivity contribution is -0.145. The van der Waals surface area contributed by atoms with E-state index in [2.05, 4.69) is 0 Å². The van der Waals surface area contributed by atoms with Crippen molar-refractivity contribution < 1.29 is 14.7 Å². The van der Waals surface area contributed by atoms with Gasteiger partial charge in [0.2, 0.25) is 5.91 Å². The molecule has 0 aromatic rings. The van der Waals surface area contributed by atoms with E-state index in [9.17, 15) is 9.59 Å². The summed E-state index contributed by atoms with van der Waals surface area (Å²) in [5.41, 5.74) is -0.390. The van der Waals surface area contributed by atoms with Gasteiger partial charge in [-0.2, -0.15) is 11.8 Å². The van der Waals surface area contributed by atoms with Gasteiger partial charge >= 0.3 is 5.97 Å². The molecule has 1 saturated heterocycles. The lowest BCUT2D eigenvalue weighted by Crippen LogP contribution is -2.51. The number of rotatable bonds is 4. The van der Waals surface area contributed by atoms with Gasteiger partial charge in [0, 0.05) is 23.5 Å². The van der Waals surface area contributed by atoms with Crippen molar-refractivity contribution in [2.75, 3.05) is 18.1 Å². The van der Waals surface area contributed by atoms with Crippen LogP contribution in [0.2, 0.25) is 0 Å². The van der Waals surface area contributed by atoms with Crippen LogP contribution in [0, 0.1) is 5.41 Å². The van der Waals surface area contributed by atoms with Crippen molar-refractivity contribution in [1.29, 1.82) is 0 Å². The number of amides is 1. The number of carboxylic acids is 1. The average Bonchev–Trinajstić information content (AvgIpc) is 2.28. The maximum Gasteiger partial charge on any atom is 0.305 e. The third-order valence-electron chi connectivity index (χ3n) is 3.36. The number of thioether (sulfide) groups is 1. The number of hydrogen-bond acceptors (Lipinski definition) is 3. The molecule has 1 unspecified atom stereocenters. The van der Waals surface area contributed by atoms with Crippen molar-refractivity contribution in [2.45, 2.75) is 39.7 Å². The molecule has 5 heteroatoms. The Morgan fingerprint density at radius 3 is 2.65 bits per heavy atom. The molecular formula is C12H21NO3S. The van der Waals surface area contributed by atoms with Gasteiger partial charge in [-0.25, -0.2) is 0 Å². The van der Waals surface area contributed by atoms with E-state index < -0.39 is 11.4 Å². The molecule has 0 aliphatic carbocycles. The first-order chi connectivity index (χ1) is 7.88. The van der Waals surface area contributed by atoms with Crippen molar-refractivity contribution in [3.05, 3.63) is 0 Å². The monoisotopic (exact) mass is 259 g/mol. The van der Waals surface area contributed by atoms with Crippen LogP contribution < -0.4 is 0 Å². The number of hydrogen-bond donors (Lipinski definition) is 1. The van der Waals surface area contributed by atoms with E-state index in [4.69, 9.17) is 5.11 Å². The second kappa shape index (κ2) is 5.76. The molecule has 1 fully saturated rings. The highest BCUT2D eigenvalue weighted by Crippen LogP contribution is 2.28. The lowest BCUT2D eigenvalue weighted by Gasteiger charge is -2.39. The predicted octanol–water partition coefficient (Wildman–Crippen LogP) is 1.84. The fraction of sp³-hybridized carbons (Fsp3) is 0.833. The summed E-state index contributed by atoms with van der Waals surface area (Å²) < 4.78 is 0. The first-order valence-electron chi connectivity index (χ1n) is 5.99. The minimum Gasteiger partial charge on any atom is -0.481 e. The Labute approximate surface area is 107 Å². The van der Waals surface area contributed by atoms with Crippen LogP contribution in [0.4, 0.5) is 0 Å². The van der Waals surface area contributed by atoms with Gasteiger partial charge in [-0.15, -0.1) is 0 Å². The quantitative estimate of drug-likeness (QED) is 0.837. The topological polar surface area (TPSA) is 57.6 Å². The zero-order chi connectivity index (χ0) is 13.1. The molecule has 1 rings (SSSR count). The van der Waals surface area contributed by atoms with Crippen molar-refractivity contribution in [3.8, 4) is 0 Å². The molecule has 1 aliphatic heterocycles. The number of carboxylic acid groups (broad SMARTS) is 1. The largest absolute Gasteiger partial charge is 0.481 e. The van der Waals surface area contributed by atoms with Gasteiger partial charge < -0.3 is 10.0 Å². The van der Waals surface area contributed by atoms with Crippen molar-refractivity contribution in [2.24, 2.45) is 5.41 Å². The number of nitrogens with zero attached hydrogens (tertiary/aromatic N) is 1. The Morgan fingerprint density at radius 2 is 2.12 bits per heavy atom. The Balaban J connectivity index is 2.77. The molecule has 0 saturated carbocycles. The highest BCUT2D eigenvalue weighted by molar-refractivity contribution is 7.99. The minimum atomic E-state index is -0.829. The van der Waals surface area contributed by atoms with Crippen LogP contribution in [-0.2, 0) is 9.59 Å². The van der Waals surface area contributed by atoms with E-state index in [1.54, 1.807) is 16.7 Å². The molecular weight excluding hydrogens is 238 g/mol. The summed E-state index contributed by atoms with van der Waals surface area (Å²) in [4.78, 5) is 24.9. The van der Waals surface area contributed by atoms with E-state index in [0.29, 0.717) is 6.54 Å². The summed E-state index contributed by atoms with van der Waals surface area (Å²) in [5.74, 6) is 0.899. The SMILES string of the molecule is CCC(C)(C)C(=O)N1CCSCC1CC(=O)O.